The summed E-state index contributed by atoms with van der Waals surface area (Å²) in [5.41, 5.74) is 11.9. The zero-order valence-electron chi connectivity index (χ0n) is 28.0. The third kappa shape index (κ3) is 4.70. The molecule has 0 aliphatic carbocycles. The molecule has 242 valence electrons. The Bertz CT molecular complexity index is 2950. The lowest BCUT2D eigenvalue weighted by atomic mass is 10.1. The molecule has 0 aliphatic rings. The van der Waals surface area contributed by atoms with E-state index in [9.17, 15) is 5.26 Å². The smallest absolute Gasteiger partial charge is 0.160 e. The SMILES string of the molecule is N#Cc1cccc(-n2c3ccccc3c3c2ccc2c4ccccc4n(-c4ccc(-c5cc(-c6ccccc6)nc(-c6ccccc6)n5)cc4)c23)c1. The molecule has 0 saturated heterocycles. The summed E-state index contributed by atoms with van der Waals surface area (Å²) in [7, 11) is 0. The molecule has 5 heteroatoms. The lowest BCUT2D eigenvalue weighted by molar-refractivity contribution is 1.17. The normalized spacial score (nSPS) is 11.4. The van der Waals surface area contributed by atoms with Crippen molar-refractivity contribution < 1.29 is 0 Å². The first kappa shape index (κ1) is 29.6. The van der Waals surface area contributed by atoms with Gasteiger partial charge in [-0.3, -0.25) is 0 Å². The van der Waals surface area contributed by atoms with Gasteiger partial charge >= 0.3 is 0 Å². The molecule has 0 spiro atoms. The number of para-hydroxylation sites is 2. The van der Waals surface area contributed by atoms with Gasteiger partial charge in [0, 0.05) is 49.6 Å². The maximum Gasteiger partial charge on any atom is 0.160 e. The summed E-state index contributed by atoms with van der Waals surface area (Å²) in [4.78, 5) is 10.0. The van der Waals surface area contributed by atoms with Gasteiger partial charge in [-0.15, -0.1) is 0 Å². The number of hydrogen-bond acceptors (Lipinski definition) is 3. The number of aromatic nitrogens is 4. The molecule has 0 bridgehead atoms. The maximum absolute atomic E-state index is 9.72. The van der Waals surface area contributed by atoms with Crippen LogP contribution in [0.25, 0.3) is 88.9 Å². The van der Waals surface area contributed by atoms with Crippen molar-refractivity contribution in [1.82, 2.24) is 19.1 Å². The average Bonchev–Trinajstić information content (AvgIpc) is 3.74. The van der Waals surface area contributed by atoms with Crippen LogP contribution in [0.2, 0.25) is 0 Å². The molecule has 0 saturated carbocycles. The first-order valence-corrected chi connectivity index (χ1v) is 17.3. The predicted molar refractivity (Wildman–Crippen MR) is 212 cm³/mol. The summed E-state index contributed by atoms with van der Waals surface area (Å²) < 4.78 is 4.67. The minimum atomic E-state index is 0.633. The first-order chi connectivity index (χ1) is 25.7. The molecule has 0 radical (unpaired) electrons. The van der Waals surface area contributed by atoms with E-state index in [1.807, 2.05) is 54.6 Å². The molecule has 10 rings (SSSR count). The monoisotopic (exact) mass is 663 g/mol. The number of nitriles is 1. The highest BCUT2D eigenvalue weighted by Gasteiger charge is 2.21. The van der Waals surface area contributed by atoms with Crippen molar-refractivity contribution in [3.63, 3.8) is 0 Å². The highest BCUT2D eigenvalue weighted by atomic mass is 15.0. The van der Waals surface area contributed by atoms with Crippen LogP contribution >= 0.6 is 0 Å². The van der Waals surface area contributed by atoms with Crippen molar-refractivity contribution in [2.45, 2.75) is 0 Å². The lowest BCUT2D eigenvalue weighted by Gasteiger charge is -2.12. The van der Waals surface area contributed by atoms with E-state index < -0.39 is 0 Å². The number of fused-ring (bicyclic) bond motifs is 7. The van der Waals surface area contributed by atoms with Gasteiger partial charge in [0.2, 0.25) is 0 Å². The summed E-state index contributed by atoms with van der Waals surface area (Å²) >= 11 is 0. The van der Waals surface area contributed by atoms with Crippen LogP contribution in [0, 0.1) is 11.3 Å². The van der Waals surface area contributed by atoms with E-state index in [-0.39, 0.29) is 0 Å². The summed E-state index contributed by atoms with van der Waals surface area (Å²) in [6, 6.07) is 63.0. The summed E-state index contributed by atoms with van der Waals surface area (Å²) in [6.45, 7) is 0. The zero-order valence-corrected chi connectivity index (χ0v) is 28.0. The van der Waals surface area contributed by atoms with Crippen LogP contribution in [0.4, 0.5) is 0 Å². The van der Waals surface area contributed by atoms with E-state index in [4.69, 9.17) is 9.97 Å². The van der Waals surface area contributed by atoms with Crippen molar-refractivity contribution in [2.75, 3.05) is 0 Å². The Kier molecular flexibility index (Phi) is 6.80. The highest BCUT2D eigenvalue weighted by Crippen LogP contribution is 2.42. The maximum atomic E-state index is 9.72. The van der Waals surface area contributed by atoms with Crippen molar-refractivity contribution in [2.24, 2.45) is 0 Å². The Morgan fingerprint density at radius 3 is 1.75 bits per heavy atom. The molecule has 0 N–H and O–H groups in total. The molecule has 0 atom stereocenters. The molecule has 0 fully saturated rings. The zero-order chi connectivity index (χ0) is 34.6. The highest BCUT2D eigenvalue weighted by molar-refractivity contribution is 6.26. The van der Waals surface area contributed by atoms with Crippen molar-refractivity contribution in [1.29, 1.82) is 5.26 Å². The van der Waals surface area contributed by atoms with E-state index in [0.717, 1.165) is 66.9 Å². The van der Waals surface area contributed by atoms with Crippen LogP contribution in [0.3, 0.4) is 0 Å². The van der Waals surface area contributed by atoms with E-state index in [1.165, 1.54) is 16.2 Å². The fourth-order valence-electron chi connectivity index (χ4n) is 7.62. The third-order valence-electron chi connectivity index (χ3n) is 9.95. The molecule has 0 aliphatic heterocycles. The summed E-state index contributed by atoms with van der Waals surface area (Å²) in [5.74, 6) is 0.697. The second-order valence-electron chi connectivity index (χ2n) is 13.0. The van der Waals surface area contributed by atoms with Crippen LogP contribution in [-0.2, 0) is 0 Å². The molecular formula is C47H29N5. The number of rotatable bonds is 5. The van der Waals surface area contributed by atoms with E-state index in [2.05, 4.69) is 137 Å². The third-order valence-corrected chi connectivity index (χ3v) is 9.95. The van der Waals surface area contributed by atoms with Gasteiger partial charge in [-0.2, -0.15) is 5.26 Å². The van der Waals surface area contributed by atoms with Gasteiger partial charge in [-0.1, -0.05) is 121 Å². The van der Waals surface area contributed by atoms with Crippen molar-refractivity contribution in [3.8, 4) is 51.3 Å². The fraction of sp³-hybridized carbons (Fsp3) is 0. The van der Waals surface area contributed by atoms with Crippen molar-refractivity contribution >= 4 is 43.6 Å². The van der Waals surface area contributed by atoms with Gasteiger partial charge in [0.25, 0.3) is 0 Å². The van der Waals surface area contributed by atoms with Gasteiger partial charge in [0.1, 0.15) is 0 Å². The van der Waals surface area contributed by atoms with Crippen LogP contribution in [0.15, 0.2) is 176 Å². The molecule has 52 heavy (non-hydrogen) atoms. The second-order valence-corrected chi connectivity index (χ2v) is 13.0. The van der Waals surface area contributed by atoms with Gasteiger partial charge in [0.15, 0.2) is 5.82 Å². The molecule has 3 aromatic heterocycles. The Morgan fingerprint density at radius 2 is 1.04 bits per heavy atom. The van der Waals surface area contributed by atoms with E-state index in [1.54, 1.807) is 0 Å². The lowest BCUT2D eigenvalue weighted by Crippen LogP contribution is -1.97. The number of benzene rings is 7. The van der Waals surface area contributed by atoms with Gasteiger partial charge in [0.05, 0.1) is 45.1 Å². The molecule has 10 aromatic rings. The Labute approximate surface area is 299 Å². The van der Waals surface area contributed by atoms with Gasteiger partial charge in [-0.25, -0.2) is 9.97 Å². The molecule has 0 unspecified atom stereocenters. The fourth-order valence-corrected chi connectivity index (χ4v) is 7.62. The minimum Gasteiger partial charge on any atom is -0.309 e. The largest absolute Gasteiger partial charge is 0.309 e. The minimum absolute atomic E-state index is 0.633. The van der Waals surface area contributed by atoms with Crippen LogP contribution < -0.4 is 0 Å². The summed E-state index contributed by atoms with van der Waals surface area (Å²) in [6.07, 6.45) is 0. The second kappa shape index (κ2) is 11.9. The molecule has 7 aromatic carbocycles. The van der Waals surface area contributed by atoms with Crippen LogP contribution in [0.1, 0.15) is 5.56 Å². The average molecular weight is 664 g/mol. The molecular weight excluding hydrogens is 635 g/mol. The Morgan fingerprint density at radius 1 is 0.423 bits per heavy atom. The van der Waals surface area contributed by atoms with E-state index in [0.29, 0.717) is 11.4 Å². The Balaban J connectivity index is 1.20. The standard InChI is InChI=1S/C47H29N5/c48-30-31-12-11-17-36(28-31)51-43-21-10-8-19-39(43)45-44(51)27-26-38-37-18-7-9-20-42(37)52(46(38)45)35-24-22-33(23-25-35)41-29-40(32-13-3-1-4-14-32)49-47(50-41)34-15-5-2-6-16-34/h1-29H. The number of hydrogen-bond donors (Lipinski definition) is 0. The Hall–Kier alpha value is -7.29. The quantitative estimate of drug-likeness (QED) is 0.184. The van der Waals surface area contributed by atoms with Crippen LogP contribution in [0.5, 0.6) is 0 Å². The predicted octanol–water partition coefficient (Wildman–Crippen LogP) is 11.5. The molecule has 5 nitrogen and oxygen atoms in total. The number of nitrogens with zero attached hydrogens (tertiary/aromatic N) is 5. The van der Waals surface area contributed by atoms with E-state index >= 15 is 0 Å². The topological polar surface area (TPSA) is 59.4 Å². The van der Waals surface area contributed by atoms with Crippen LogP contribution in [-0.4, -0.2) is 19.1 Å². The molecule has 0 amide bonds. The van der Waals surface area contributed by atoms with Gasteiger partial charge in [-0.05, 0) is 54.6 Å². The van der Waals surface area contributed by atoms with Gasteiger partial charge < -0.3 is 9.13 Å². The van der Waals surface area contributed by atoms with Crippen molar-refractivity contribution in [3.05, 3.63) is 181 Å². The molecule has 3 heterocycles. The summed E-state index contributed by atoms with van der Waals surface area (Å²) in [5, 5.41) is 14.4. The first-order valence-electron chi connectivity index (χ1n) is 17.3.